The lowest BCUT2D eigenvalue weighted by Gasteiger charge is -2.04. The summed E-state index contributed by atoms with van der Waals surface area (Å²) in [5.41, 5.74) is 0.727. The number of nitrogens with zero attached hydrogens (tertiary/aromatic N) is 1. The van der Waals surface area contributed by atoms with Gasteiger partial charge in [-0.1, -0.05) is 30.1 Å². The highest BCUT2D eigenvalue weighted by atomic mass is 35.5. The van der Waals surface area contributed by atoms with Gasteiger partial charge in [-0.05, 0) is 24.7 Å². The van der Waals surface area contributed by atoms with Crippen molar-refractivity contribution in [2.45, 2.75) is 19.8 Å². The lowest BCUT2D eigenvalue weighted by molar-refractivity contribution is -0.121. The highest BCUT2D eigenvalue weighted by Crippen LogP contribution is 2.30. The number of benzene rings is 1. The van der Waals surface area contributed by atoms with E-state index in [4.69, 9.17) is 27.6 Å². The lowest BCUT2D eigenvalue weighted by atomic mass is 10.2. The number of nitrogens with one attached hydrogen (secondary N) is 2. The zero-order chi connectivity index (χ0) is 16.7. The third kappa shape index (κ3) is 7.84. The van der Waals surface area contributed by atoms with Gasteiger partial charge in [0.05, 0.1) is 11.2 Å². The first-order valence-corrected chi connectivity index (χ1v) is 8.23. The molecule has 0 saturated carbocycles. The van der Waals surface area contributed by atoms with Gasteiger partial charge >= 0.3 is 0 Å². The molecule has 0 saturated heterocycles. The zero-order valence-electron chi connectivity index (χ0n) is 13.7. The Hall–Kier alpha value is -0.980. The number of amides is 1. The quantitative estimate of drug-likeness (QED) is 0.619. The first-order valence-electron chi connectivity index (χ1n) is 7.47. The van der Waals surface area contributed by atoms with Crippen LogP contribution in [0.25, 0.3) is 11.3 Å². The molecule has 0 radical (unpaired) electrons. The summed E-state index contributed by atoms with van der Waals surface area (Å²) in [6.45, 7) is 4.29. The van der Waals surface area contributed by atoms with Crippen LogP contribution in [0.15, 0.2) is 28.8 Å². The van der Waals surface area contributed by atoms with Crippen LogP contribution in [-0.4, -0.2) is 30.5 Å². The van der Waals surface area contributed by atoms with Crippen molar-refractivity contribution in [1.29, 1.82) is 0 Å². The fraction of sp³-hybridized carbons (Fsp3) is 0.375. The molecule has 0 aliphatic rings. The van der Waals surface area contributed by atoms with Gasteiger partial charge in [0.15, 0.2) is 11.7 Å². The van der Waals surface area contributed by atoms with Gasteiger partial charge in [-0.15, -0.1) is 24.8 Å². The molecule has 0 bridgehead atoms. The van der Waals surface area contributed by atoms with Gasteiger partial charge in [-0.3, -0.25) is 4.79 Å². The van der Waals surface area contributed by atoms with E-state index in [2.05, 4.69) is 15.6 Å². The molecule has 2 N–H and O–H groups in total. The van der Waals surface area contributed by atoms with E-state index in [1.165, 1.54) is 0 Å². The third-order valence-corrected chi connectivity index (χ3v) is 3.74. The first kappa shape index (κ1) is 24.0. The van der Waals surface area contributed by atoms with Crippen molar-refractivity contribution in [3.05, 3.63) is 40.3 Å². The molecule has 1 aromatic carbocycles. The second-order valence-electron chi connectivity index (χ2n) is 4.95. The molecule has 1 amide bonds. The van der Waals surface area contributed by atoms with Crippen molar-refractivity contribution in [2.24, 2.45) is 0 Å². The summed E-state index contributed by atoms with van der Waals surface area (Å²) in [4.78, 5) is 15.9. The van der Waals surface area contributed by atoms with Crippen molar-refractivity contribution in [2.75, 3.05) is 19.6 Å². The van der Waals surface area contributed by atoms with E-state index in [-0.39, 0.29) is 30.7 Å². The van der Waals surface area contributed by atoms with Gasteiger partial charge in [0.1, 0.15) is 0 Å². The van der Waals surface area contributed by atoms with Crippen LogP contribution in [-0.2, 0) is 11.2 Å². The predicted molar refractivity (Wildman–Crippen MR) is 106 cm³/mol. The van der Waals surface area contributed by atoms with Crippen LogP contribution in [0.5, 0.6) is 0 Å². The standard InChI is InChI=1S/C16H19Cl2N3O2.2ClH/c1-2-19-7-8-20-15(22)5-6-16-21-10-14(23-16)12-4-3-11(17)9-13(12)18;;/h3-4,9-10,19H,2,5-8H2,1H3,(H,20,22);2*1H. The Kier molecular flexibility index (Phi) is 11.9. The largest absolute Gasteiger partial charge is 0.441 e. The van der Waals surface area contributed by atoms with E-state index < -0.39 is 0 Å². The fourth-order valence-corrected chi connectivity index (χ4v) is 2.52. The SMILES string of the molecule is CCNCCNC(=O)CCc1ncc(-c2ccc(Cl)cc2Cl)o1.Cl.Cl. The average molecular weight is 429 g/mol. The number of aryl methyl sites for hydroxylation is 1. The summed E-state index contributed by atoms with van der Waals surface area (Å²) in [5, 5.41) is 7.04. The van der Waals surface area contributed by atoms with Gasteiger partial charge in [0.2, 0.25) is 5.91 Å². The number of carbonyl (C=O) groups is 1. The summed E-state index contributed by atoms with van der Waals surface area (Å²) in [5.74, 6) is 1.05. The fourth-order valence-electron chi connectivity index (χ4n) is 2.02. The Bertz CT molecular complexity index is 665. The van der Waals surface area contributed by atoms with E-state index in [1.807, 2.05) is 6.92 Å². The molecule has 9 heteroatoms. The minimum atomic E-state index is -0.0211. The number of hydrogen-bond donors (Lipinski definition) is 2. The molecule has 0 aliphatic heterocycles. The Morgan fingerprint density at radius 1 is 1.24 bits per heavy atom. The number of aromatic nitrogens is 1. The molecule has 0 unspecified atom stereocenters. The first-order chi connectivity index (χ1) is 11.1. The van der Waals surface area contributed by atoms with E-state index >= 15 is 0 Å². The molecule has 0 atom stereocenters. The molecule has 0 fully saturated rings. The van der Waals surface area contributed by atoms with Crippen LogP contribution < -0.4 is 10.6 Å². The molecule has 2 rings (SSSR count). The second-order valence-corrected chi connectivity index (χ2v) is 5.79. The minimum absolute atomic E-state index is 0. The summed E-state index contributed by atoms with van der Waals surface area (Å²) in [6.07, 6.45) is 2.38. The molecule has 5 nitrogen and oxygen atoms in total. The average Bonchev–Trinajstić information content (AvgIpc) is 2.98. The Morgan fingerprint density at radius 3 is 2.68 bits per heavy atom. The summed E-state index contributed by atoms with van der Waals surface area (Å²) in [6, 6.07) is 5.17. The van der Waals surface area contributed by atoms with Gasteiger partial charge in [-0.25, -0.2) is 4.98 Å². The van der Waals surface area contributed by atoms with Gasteiger partial charge in [-0.2, -0.15) is 0 Å². The molecule has 1 aromatic heterocycles. The van der Waals surface area contributed by atoms with Crippen molar-refractivity contribution in [1.82, 2.24) is 15.6 Å². The number of likely N-dealkylation sites (N-methyl/N-ethyl adjacent to an activating group) is 1. The molecule has 2 aromatic rings. The van der Waals surface area contributed by atoms with Crippen molar-refractivity contribution >= 4 is 53.9 Å². The van der Waals surface area contributed by atoms with Crippen LogP contribution in [0, 0.1) is 0 Å². The number of rotatable bonds is 8. The van der Waals surface area contributed by atoms with E-state index in [9.17, 15) is 4.79 Å². The molecule has 0 spiro atoms. The minimum Gasteiger partial charge on any atom is -0.441 e. The van der Waals surface area contributed by atoms with Crippen LogP contribution in [0.1, 0.15) is 19.2 Å². The lowest BCUT2D eigenvalue weighted by Crippen LogP contribution is -2.31. The molecular formula is C16H21Cl4N3O2. The van der Waals surface area contributed by atoms with Crippen molar-refractivity contribution < 1.29 is 9.21 Å². The second kappa shape index (κ2) is 12.4. The smallest absolute Gasteiger partial charge is 0.220 e. The molecule has 0 aliphatic carbocycles. The summed E-state index contributed by atoms with van der Waals surface area (Å²) in [7, 11) is 0. The van der Waals surface area contributed by atoms with Gasteiger partial charge in [0.25, 0.3) is 0 Å². The topological polar surface area (TPSA) is 67.2 Å². The van der Waals surface area contributed by atoms with E-state index in [0.29, 0.717) is 41.1 Å². The Morgan fingerprint density at radius 2 is 2.00 bits per heavy atom. The molecule has 1 heterocycles. The molecule has 140 valence electrons. The normalized spacial score (nSPS) is 9.88. The van der Waals surface area contributed by atoms with Crippen LogP contribution in [0.3, 0.4) is 0 Å². The molecular weight excluding hydrogens is 408 g/mol. The predicted octanol–water partition coefficient (Wildman–Crippen LogP) is 4.15. The van der Waals surface area contributed by atoms with E-state index in [1.54, 1.807) is 24.4 Å². The van der Waals surface area contributed by atoms with Crippen molar-refractivity contribution in [3.63, 3.8) is 0 Å². The summed E-state index contributed by atoms with van der Waals surface area (Å²) >= 11 is 12.0. The maximum atomic E-state index is 11.7. The van der Waals surface area contributed by atoms with E-state index in [0.717, 1.165) is 18.7 Å². The zero-order valence-corrected chi connectivity index (χ0v) is 16.8. The van der Waals surface area contributed by atoms with Crippen LogP contribution in [0.4, 0.5) is 0 Å². The maximum Gasteiger partial charge on any atom is 0.220 e. The highest BCUT2D eigenvalue weighted by Gasteiger charge is 2.11. The highest BCUT2D eigenvalue weighted by molar-refractivity contribution is 6.36. The van der Waals surface area contributed by atoms with Crippen LogP contribution >= 0.6 is 48.0 Å². The maximum absolute atomic E-state index is 11.7. The van der Waals surface area contributed by atoms with Crippen LogP contribution in [0.2, 0.25) is 10.0 Å². The Balaban J connectivity index is 0.00000288. The van der Waals surface area contributed by atoms with Gasteiger partial charge < -0.3 is 15.1 Å². The number of oxazole rings is 1. The number of hydrogen-bond acceptors (Lipinski definition) is 4. The van der Waals surface area contributed by atoms with Gasteiger partial charge in [0, 0.05) is 36.5 Å². The molecule has 25 heavy (non-hydrogen) atoms. The number of halogens is 4. The number of carbonyl (C=O) groups excluding carboxylic acids is 1. The summed E-state index contributed by atoms with van der Waals surface area (Å²) < 4.78 is 5.65. The monoisotopic (exact) mass is 427 g/mol. The third-order valence-electron chi connectivity index (χ3n) is 3.19. The Labute approximate surface area is 169 Å². The van der Waals surface area contributed by atoms with Crippen molar-refractivity contribution in [3.8, 4) is 11.3 Å².